The van der Waals surface area contributed by atoms with Crippen LogP contribution in [0, 0.1) is 0 Å². The van der Waals surface area contributed by atoms with E-state index < -0.39 is 0 Å². The first-order chi connectivity index (χ1) is 14.0. The van der Waals surface area contributed by atoms with Gasteiger partial charge in [0.1, 0.15) is 12.0 Å². The number of hydrogen-bond donors (Lipinski definition) is 3. The number of nitrogens with zero attached hydrogens (tertiary/aromatic N) is 5. The molecule has 1 amide bonds. The van der Waals surface area contributed by atoms with Gasteiger partial charge in [0.05, 0.1) is 0 Å². The molecule has 0 atom stereocenters. The molecule has 0 bridgehead atoms. The number of fused-ring (bicyclic) bond motifs is 2. The number of anilines is 1. The Balaban J connectivity index is 1.33. The van der Waals surface area contributed by atoms with Gasteiger partial charge in [0.2, 0.25) is 11.9 Å². The molecule has 29 heavy (non-hydrogen) atoms. The van der Waals surface area contributed by atoms with E-state index in [1.54, 1.807) is 6.33 Å². The lowest BCUT2D eigenvalue weighted by atomic mass is 9.74. The van der Waals surface area contributed by atoms with Crippen LogP contribution in [0.4, 0.5) is 5.95 Å². The summed E-state index contributed by atoms with van der Waals surface area (Å²) < 4.78 is 1.88. The molecule has 0 unspecified atom stereocenters. The number of amides is 1. The molecule has 0 aliphatic heterocycles. The largest absolute Gasteiger partial charge is 0.351 e. The summed E-state index contributed by atoms with van der Waals surface area (Å²) in [5.41, 5.74) is 3.51. The third-order valence-electron chi connectivity index (χ3n) is 5.52. The lowest BCUT2D eigenvalue weighted by Gasteiger charge is -2.45. The fourth-order valence-corrected chi connectivity index (χ4v) is 4.04. The highest BCUT2D eigenvalue weighted by atomic mass is 16.1. The number of H-pyrrole nitrogens is 1. The van der Waals surface area contributed by atoms with Crippen molar-refractivity contribution in [2.24, 2.45) is 0 Å². The summed E-state index contributed by atoms with van der Waals surface area (Å²) >= 11 is 0. The third-order valence-corrected chi connectivity index (χ3v) is 5.52. The standard InChI is InChI=1S/C20H22N8O/c1-3-17(29)26-20(2)6-13(7-20)24-19-22-9-15-14(8-21-18(15)25-19)12-4-5-16-27-23-11-28(16)10-12/h4-5,8-11,13H,3,6-7H2,1-2H3,(H,26,29)(H2,21,22,24,25)/t13-,20-. The third kappa shape index (κ3) is 3.18. The van der Waals surface area contributed by atoms with E-state index in [9.17, 15) is 4.79 Å². The van der Waals surface area contributed by atoms with Crippen molar-refractivity contribution in [3.05, 3.63) is 37.1 Å². The molecule has 1 fully saturated rings. The van der Waals surface area contributed by atoms with Crippen LogP contribution in [-0.4, -0.2) is 47.0 Å². The highest BCUT2D eigenvalue weighted by molar-refractivity contribution is 5.93. The lowest BCUT2D eigenvalue weighted by molar-refractivity contribution is -0.123. The van der Waals surface area contributed by atoms with Gasteiger partial charge in [-0.1, -0.05) is 6.92 Å². The molecular weight excluding hydrogens is 368 g/mol. The summed E-state index contributed by atoms with van der Waals surface area (Å²) in [5.74, 6) is 0.682. The molecular formula is C20H22N8O. The first kappa shape index (κ1) is 17.6. The van der Waals surface area contributed by atoms with Gasteiger partial charge in [0.25, 0.3) is 0 Å². The van der Waals surface area contributed by atoms with Crippen LogP contribution in [0.3, 0.4) is 0 Å². The first-order valence-electron chi connectivity index (χ1n) is 9.74. The van der Waals surface area contributed by atoms with Crippen LogP contribution in [0.25, 0.3) is 27.8 Å². The van der Waals surface area contributed by atoms with Gasteiger partial charge in [-0.3, -0.25) is 9.20 Å². The maximum atomic E-state index is 11.6. The molecule has 1 aliphatic rings. The van der Waals surface area contributed by atoms with Crippen molar-refractivity contribution in [1.82, 2.24) is 34.9 Å². The zero-order chi connectivity index (χ0) is 20.0. The van der Waals surface area contributed by atoms with Crippen LogP contribution in [0.5, 0.6) is 0 Å². The number of hydrogen-bond acceptors (Lipinski definition) is 6. The predicted molar refractivity (Wildman–Crippen MR) is 109 cm³/mol. The monoisotopic (exact) mass is 390 g/mol. The zero-order valence-electron chi connectivity index (χ0n) is 16.3. The van der Waals surface area contributed by atoms with Gasteiger partial charge in [-0.2, -0.15) is 4.98 Å². The van der Waals surface area contributed by atoms with Crippen LogP contribution < -0.4 is 10.6 Å². The van der Waals surface area contributed by atoms with Gasteiger partial charge >= 0.3 is 0 Å². The quantitative estimate of drug-likeness (QED) is 0.483. The summed E-state index contributed by atoms with van der Waals surface area (Å²) in [6.07, 6.45) is 9.67. The number of nitrogens with one attached hydrogen (secondary N) is 3. The van der Waals surface area contributed by atoms with Crippen LogP contribution in [0.15, 0.2) is 37.1 Å². The minimum Gasteiger partial charge on any atom is -0.351 e. The Bertz CT molecular complexity index is 1200. The zero-order valence-corrected chi connectivity index (χ0v) is 16.3. The van der Waals surface area contributed by atoms with Crippen LogP contribution in [0.1, 0.15) is 33.1 Å². The Hall–Kier alpha value is -3.49. The number of aromatic amines is 1. The average molecular weight is 390 g/mol. The van der Waals surface area contributed by atoms with Gasteiger partial charge < -0.3 is 15.6 Å². The van der Waals surface area contributed by atoms with Crippen molar-refractivity contribution in [3.63, 3.8) is 0 Å². The van der Waals surface area contributed by atoms with E-state index in [-0.39, 0.29) is 17.5 Å². The van der Waals surface area contributed by atoms with Gasteiger partial charge in [-0.15, -0.1) is 10.2 Å². The Morgan fingerprint density at radius 3 is 3.07 bits per heavy atom. The topological polar surface area (TPSA) is 113 Å². The van der Waals surface area contributed by atoms with Gasteiger partial charge in [0.15, 0.2) is 5.65 Å². The van der Waals surface area contributed by atoms with E-state index in [1.807, 2.05) is 42.0 Å². The summed E-state index contributed by atoms with van der Waals surface area (Å²) in [7, 11) is 0. The SMILES string of the molecule is CCC(=O)N[C@]1(C)C[C@@H](Nc2ncc3c(-c4ccc5nncn5c4)c[nH]c3n2)C1. The minimum atomic E-state index is -0.144. The first-order valence-corrected chi connectivity index (χ1v) is 9.74. The second kappa shape index (κ2) is 6.54. The van der Waals surface area contributed by atoms with Crippen LogP contribution in [-0.2, 0) is 4.79 Å². The Morgan fingerprint density at radius 1 is 1.38 bits per heavy atom. The van der Waals surface area contributed by atoms with Gasteiger partial charge in [0, 0.05) is 53.1 Å². The molecule has 0 aromatic carbocycles. The average Bonchev–Trinajstić information content (AvgIpc) is 3.32. The van der Waals surface area contributed by atoms with E-state index in [1.165, 1.54) is 0 Å². The molecule has 5 rings (SSSR count). The molecule has 148 valence electrons. The van der Waals surface area contributed by atoms with E-state index in [2.05, 4.69) is 42.7 Å². The maximum Gasteiger partial charge on any atom is 0.224 e. The number of rotatable bonds is 5. The van der Waals surface area contributed by atoms with E-state index in [0.717, 1.165) is 40.6 Å². The van der Waals surface area contributed by atoms with Crippen molar-refractivity contribution < 1.29 is 4.79 Å². The molecule has 0 spiro atoms. The fourth-order valence-electron chi connectivity index (χ4n) is 4.04. The van der Waals surface area contributed by atoms with Crippen molar-refractivity contribution in [2.75, 3.05) is 5.32 Å². The Kier molecular flexibility index (Phi) is 3.97. The number of aromatic nitrogens is 6. The lowest BCUT2D eigenvalue weighted by Crippen LogP contribution is -2.59. The van der Waals surface area contributed by atoms with Crippen LogP contribution >= 0.6 is 0 Å². The molecule has 4 aromatic heterocycles. The second-order valence-corrected chi connectivity index (χ2v) is 7.88. The highest BCUT2D eigenvalue weighted by Crippen LogP contribution is 2.34. The summed E-state index contributed by atoms with van der Waals surface area (Å²) in [5, 5.41) is 15.4. The molecule has 1 aliphatic carbocycles. The van der Waals surface area contributed by atoms with Crippen molar-refractivity contribution in [3.8, 4) is 11.1 Å². The molecule has 9 nitrogen and oxygen atoms in total. The Labute approximate surface area is 167 Å². The molecule has 4 aromatic rings. The smallest absolute Gasteiger partial charge is 0.224 e. The normalized spacial score (nSPS) is 21.2. The second-order valence-electron chi connectivity index (χ2n) is 7.88. The maximum absolute atomic E-state index is 11.6. The number of carbonyl (C=O) groups excluding carboxylic acids is 1. The molecule has 3 N–H and O–H groups in total. The van der Waals surface area contributed by atoms with Crippen molar-refractivity contribution in [2.45, 2.75) is 44.7 Å². The molecule has 9 heteroatoms. The van der Waals surface area contributed by atoms with Crippen molar-refractivity contribution in [1.29, 1.82) is 0 Å². The van der Waals surface area contributed by atoms with Crippen molar-refractivity contribution >= 4 is 28.5 Å². The van der Waals surface area contributed by atoms with Crippen LogP contribution in [0.2, 0.25) is 0 Å². The predicted octanol–water partition coefficient (Wildman–Crippen LogP) is 2.53. The number of carbonyl (C=O) groups is 1. The summed E-state index contributed by atoms with van der Waals surface area (Å²) in [6.45, 7) is 3.94. The molecule has 1 saturated carbocycles. The molecule has 0 radical (unpaired) electrons. The number of pyridine rings is 1. The van der Waals surface area contributed by atoms with Gasteiger partial charge in [-0.05, 0) is 31.9 Å². The fraction of sp³-hybridized carbons (Fsp3) is 0.350. The Morgan fingerprint density at radius 2 is 2.24 bits per heavy atom. The van der Waals surface area contributed by atoms with Gasteiger partial charge in [-0.25, -0.2) is 4.98 Å². The van der Waals surface area contributed by atoms with E-state index in [0.29, 0.717) is 12.4 Å². The highest BCUT2D eigenvalue weighted by Gasteiger charge is 2.41. The molecule has 4 heterocycles. The minimum absolute atomic E-state index is 0.0900. The van der Waals surface area contributed by atoms with E-state index in [4.69, 9.17) is 0 Å². The summed E-state index contributed by atoms with van der Waals surface area (Å²) in [6, 6.07) is 4.20. The summed E-state index contributed by atoms with van der Waals surface area (Å²) in [4.78, 5) is 24.0. The van der Waals surface area contributed by atoms with E-state index >= 15 is 0 Å². The molecule has 0 saturated heterocycles.